The van der Waals surface area contributed by atoms with Gasteiger partial charge in [0.05, 0.1) is 33.1 Å². The Morgan fingerprint density at radius 2 is 1.76 bits per heavy atom. The Morgan fingerprint density at radius 3 is 2.29 bits per heavy atom. The zero-order chi connectivity index (χ0) is 28.2. The number of benzene rings is 2. The molecule has 1 aliphatic rings. The Bertz CT molecular complexity index is 1400. The van der Waals surface area contributed by atoms with E-state index < -0.39 is 46.5 Å². The molecule has 1 aliphatic heterocycles. The maximum absolute atomic E-state index is 14.4. The minimum absolute atomic E-state index is 0.00974. The topological polar surface area (TPSA) is 104 Å². The number of hydrogen-bond donors (Lipinski definition) is 2. The number of ketones is 1. The van der Waals surface area contributed by atoms with Crippen molar-refractivity contribution in [2.24, 2.45) is 5.41 Å². The molecule has 0 spiro atoms. The van der Waals surface area contributed by atoms with Crippen LogP contribution >= 0.6 is 23.2 Å². The Labute approximate surface area is 227 Å². The third-order valence-corrected chi connectivity index (χ3v) is 7.64. The molecule has 7 nitrogen and oxygen atoms in total. The lowest BCUT2D eigenvalue weighted by Crippen LogP contribution is -2.61. The summed E-state index contributed by atoms with van der Waals surface area (Å²) < 4.78 is 33.9. The first kappa shape index (κ1) is 28.0. The van der Waals surface area contributed by atoms with Crippen LogP contribution in [0.5, 0.6) is 0 Å². The van der Waals surface area contributed by atoms with Crippen molar-refractivity contribution in [2.45, 2.75) is 51.7 Å². The standard InChI is InChI=1S/C27H26Cl2F2N2O5/c1-13(34)19-22(32-38-23(19)20-15(28)6-5-7-16(20)29)21-24(26(2,3)4)33(25(35)36)11-10-27(21,37)14-8-9-17(30)18(31)12-14/h5-9,12,21,24,37H,10-11H2,1-4H3,(H,35,36)/t21-,24?,27-/m0/s1. The van der Waals surface area contributed by atoms with Crippen LogP contribution in [0.3, 0.4) is 0 Å². The summed E-state index contributed by atoms with van der Waals surface area (Å²) >= 11 is 12.8. The number of aromatic nitrogens is 1. The third-order valence-electron chi connectivity index (χ3n) is 7.01. The van der Waals surface area contributed by atoms with Crippen LogP contribution in [0.25, 0.3) is 11.3 Å². The molecule has 11 heteroatoms. The highest BCUT2D eigenvalue weighted by atomic mass is 35.5. The summed E-state index contributed by atoms with van der Waals surface area (Å²) in [6.45, 7) is 6.48. The highest BCUT2D eigenvalue weighted by Crippen LogP contribution is 2.53. The quantitative estimate of drug-likeness (QED) is 0.333. The van der Waals surface area contributed by atoms with Gasteiger partial charge in [-0.3, -0.25) is 4.79 Å². The average molecular weight is 567 g/mol. The van der Waals surface area contributed by atoms with Crippen molar-refractivity contribution in [1.82, 2.24) is 10.1 Å². The fourth-order valence-electron chi connectivity index (χ4n) is 5.41. The smallest absolute Gasteiger partial charge is 0.407 e. The minimum atomic E-state index is -1.96. The highest BCUT2D eigenvalue weighted by Gasteiger charge is 2.56. The van der Waals surface area contributed by atoms with Crippen LogP contribution in [0.1, 0.15) is 61.6 Å². The summed E-state index contributed by atoms with van der Waals surface area (Å²) in [6.07, 6.45) is -1.43. The van der Waals surface area contributed by atoms with Crippen LogP contribution in [-0.2, 0) is 5.60 Å². The maximum atomic E-state index is 14.4. The van der Waals surface area contributed by atoms with Gasteiger partial charge in [-0.1, -0.05) is 61.3 Å². The molecule has 2 heterocycles. The molecule has 1 amide bonds. The molecule has 1 unspecified atom stereocenters. The van der Waals surface area contributed by atoms with Gasteiger partial charge in [0, 0.05) is 6.54 Å². The van der Waals surface area contributed by atoms with Crippen LogP contribution in [0, 0.1) is 17.0 Å². The predicted octanol–water partition coefficient (Wildman–Crippen LogP) is 6.90. The van der Waals surface area contributed by atoms with Crippen LogP contribution in [-0.4, -0.2) is 44.7 Å². The largest absolute Gasteiger partial charge is 0.465 e. The Morgan fingerprint density at radius 1 is 1.13 bits per heavy atom. The minimum Gasteiger partial charge on any atom is -0.465 e. The molecule has 3 atom stereocenters. The predicted molar refractivity (Wildman–Crippen MR) is 138 cm³/mol. The maximum Gasteiger partial charge on any atom is 0.407 e. The molecule has 0 radical (unpaired) electrons. The van der Waals surface area contributed by atoms with E-state index in [0.29, 0.717) is 0 Å². The first-order valence-corrected chi connectivity index (χ1v) is 12.6. The van der Waals surface area contributed by atoms with Gasteiger partial charge in [0.1, 0.15) is 11.3 Å². The number of halogens is 4. The van der Waals surface area contributed by atoms with Gasteiger partial charge in [0.25, 0.3) is 0 Å². The number of aliphatic hydroxyl groups is 1. The van der Waals surface area contributed by atoms with Crippen LogP contribution < -0.4 is 0 Å². The van der Waals surface area contributed by atoms with Crippen molar-refractivity contribution < 1.29 is 33.1 Å². The molecule has 1 saturated heterocycles. The van der Waals surface area contributed by atoms with Crippen molar-refractivity contribution in [3.05, 3.63) is 74.9 Å². The summed E-state index contributed by atoms with van der Waals surface area (Å²) in [6, 6.07) is 6.75. The van der Waals surface area contributed by atoms with E-state index in [4.69, 9.17) is 27.7 Å². The van der Waals surface area contributed by atoms with E-state index in [1.54, 1.807) is 39.0 Å². The summed E-state index contributed by atoms with van der Waals surface area (Å²) in [5, 5.41) is 26.9. The van der Waals surface area contributed by atoms with Crippen LogP contribution in [0.15, 0.2) is 40.9 Å². The van der Waals surface area contributed by atoms with E-state index in [2.05, 4.69) is 5.16 Å². The van der Waals surface area contributed by atoms with Crippen molar-refractivity contribution >= 4 is 35.1 Å². The first-order chi connectivity index (χ1) is 17.7. The van der Waals surface area contributed by atoms with Gasteiger partial charge in [-0.05, 0) is 48.6 Å². The Kier molecular flexibility index (Phi) is 7.33. The molecule has 1 fully saturated rings. The lowest BCUT2D eigenvalue weighted by molar-refractivity contribution is -0.0928. The molecule has 202 valence electrons. The molecule has 0 bridgehead atoms. The summed E-state index contributed by atoms with van der Waals surface area (Å²) in [4.78, 5) is 26.6. The van der Waals surface area contributed by atoms with Crippen LogP contribution in [0.2, 0.25) is 10.0 Å². The second-order valence-electron chi connectivity index (χ2n) is 10.5. The van der Waals surface area contributed by atoms with Gasteiger partial charge in [-0.25, -0.2) is 13.6 Å². The SMILES string of the molecule is CC(=O)c1c([C@H]2C(C(C)(C)C)N(C(=O)O)CC[C@]2(O)c2ccc(F)c(F)c2)noc1-c1c(Cl)cccc1Cl. The lowest BCUT2D eigenvalue weighted by atomic mass is 9.63. The van der Waals surface area contributed by atoms with Gasteiger partial charge in [0.15, 0.2) is 23.2 Å². The zero-order valence-corrected chi connectivity index (χ0v) is 22.6. The monoisotopic (exact) mass is 566 g/mol. The first-order valence-electron chi connectivity index (χ1n) is 11.8. The van der Waals surface area contributed by atoms with Crippen molar-refractivity contribution in [2.75, 3.05) is 6.54 Å². The molecular formula is C27H26Cl2F2N2O5. The number of carbonyl (C=O) groups is 2. The fraction of sp³-hybridized carbons (Fsp3) is 0.370. The van der Waals surface area contributed by atoms with Crippen molar-refractivity contribution in [3.63, 3.8) is 0 Å². The van der Waals surface area contributed by atoms with Gasteiger partial charge in [-0.15, -0.1) is 0 Å². The van der Waals surface area contributed by atoms with E-state index in [-0.39, 0.29) is 51.2 Å². The molecule has 38 heavy (non-hydrogen) atoms. The number of likely N-dealkylation sites (tertiary alicyclic amines) is 1. The number of nitrogens with zero attached hydrogens (tertiary/aromatic N) is 2. The van der Waals surface area contributed by atoms with Gasteiger partial charge < -0.3 is 19.6 Å². The molecule has 0 aliphatic carbocycles. The second kappa shape index (κ2) is 9.94. The van der Waals surface area contributed by atoms with E-state index in [1.165, 1.54) is 17.9 Å². The third kappa shape index (κ3) is 4.67. The van der Waals surface area contributed by atoms with Crippen LogP contribution in [0.4, 0.5) is 13.6 Å². The van der Waals surface area contributed by atoms with E-state index in [0.717, 1.165) is 12.1 Å². The highest BCUT2D eigenvalue weighted by molar-refractivity contribution is 6.39. The fourth-order valence-corrected chi connectivity index (χ4v) is 5.98. The number of carbonyl (C=O) groups excluding carboxylic acids is 1. The Balaban J connectivity index is 2.07. The lowest BCUT2D eigenvalue weighted by Gasteiger charge is -2.53. The average Bonchev–Trinajstić information content (AvgIpc) is 3.24. The normalized spacial score (nSPS) is 22.0. The Hall–Kier alpha value is -3.01. The second-order valence-corrected chi connectivity index (χ2v) is 11.3. The number of carboxylic acid groups (broad SMARTS) is 1. The molecular weight excluding hydrogens is 541 g/mol. The number of piperidine rings is 1. The molecule has 1 aromatic heterocycles. The van der Waals surface area contributed by atoms with Gasteiger partial charge >= 0.3 is 6.09 Å². The summed E-state index contributed by atoms with van der Waals surface area (Å²) in [5.74, 6) is -4.06. The number of rotatable bonds is 4. The van der Waals surface area contributed by atoms with Gasteiger partial charge in [-0.2, -0.15) is 0 Å². The molecule has 2 aromatic carbocycles. The van der Waals surface area contributed by atoms with Gasteiger partial charge in [0.2, 0.25) is 0 Å². The molecule has 2 N–H and O–H groups in total. The number of hydrogen-bond acceptors (Lipinski definition) is 5. The molecule has 0 saturated carbocycles. The number of amides is 1. The molecule has 4 rings (SSSR count). The van der Waals surface area contributed by atoms with E-state index >= 15 is 0 Å². The summed E-state index contributed by atoms with van der Waals surface area (Å²) in [5.41, 5.74) is -2.65. The zero-order valence-electron chi connectivity index (χ0n) is 21.1. The molecule has 3 aromatic rings. The van der Waals surface area contributed by atoms with E-state index in [1.807, 2.05) is 0 Å². The number of Topliss-reactive ketones (excluding diaryl/α,β-unsaturated/α-hetero) is 1. The van der Waals surface area contributed by atoms with Crippen molar-refractivity contribution in [3.8, 4) is 11.3 Å². The van der Waals surface area contributed by atoms with Crippen molar-refractivity contribution in [1.29, 1.82) is 0 Å². The summed E-state index contributed by atoms with van der Waals surface area (Å²) in [7, 11) is 0. The van der Waals surface area contributed by atoms with E-state index in [9.17, 15) is 28.6 Å².